The average molecular weight is 314 g/mol. The molecule has 1 aliphatic carbocycles. The van der Waals surface area contributed by atoms with Crippen molar-refractivity contribution in [3.63, 3.8) is 0 Å². The molecule has 1 saturated carbocycles. The SMILES string of the molecule is Cn1cc(CCN(CCBr)C2CCCCC2)cn1. The molecule has 3 nitrogen and oxygen atoms in total. The first-order valence-corrected chi connectivity index (χ1v) is 8.19. The highest BCUT2D eigenvalue weighted by Crippen LogP contribution is 2.22. The summed E-state index contributed by atoms with van der Waals surface area (Å²) in [5, 5.41) is 5.32. The van der Waals surface area contributed by atoms with Gasteiger partial charge in [-0.25, -0.2) is 0 Å². The lowest BCUT2D eigenvalue weighted by Crippen LogP contribution is -2.39. The van der Waals surface area contributed by atoms with Crippen LogP contribution in [0.2, 0.25) is 0 Å². The minimum Gasteiger partial charge on any atom is -0.299 e. The van der Waals surface area contributed by atoms with Gasteiger partial charge in [-0.05, 0) is 24.8 Å². The molecular weight excluding hydrogens is 290 g/mol. The van der Waals surface area contributed by atoms with Gasteiger partial charge in [-0.2, -0.15) is 5.10 Å². The van der Waals surface area contributed by atoms with Crippen LogP contribution in [-0.2, 0) is 13.5 Å². The van der Waals surface area contributed by atoms with E-state index in [1.54, 1.807) is 0 Å². The summed E-state index contributed by atoms with van der Waals surface area (Å²) in [4.78, 5) is 2.67. The van der Waals surface area contributed by atoms with Crippen molar-refractivity contribution in [2.24, 2.45) is 7.05 Å². The lowest BCUT2D eigenvalue weighted by molar-refractivity contribution is 0.167. The largest absolute Gasteiger partial charge is 0.299 e. The second-order valence-corrected chi connectivity index (χ2v) is 6.08. The molecule has 2 rings (SSSR count). The van der Waals surface area contributed by atoms with E-state index in [0.29, 0.717) is 0 Å². The Labute approximate surface area is 119 Å². The molecule has 0 radical (unpaired) electrons. The van der Waals surface area contributed by atoms with Crippen LogP contribution in [0.15, 0.2) is 12.4 Å². The fourth-order valence-electron chi connectivity index (χ4n) is 2.91. The Morgan fingerprint density at radius 1 is 1.33 bits per heavy atom. The summed E-state index contributed by atoms with van der Waals surface area (Å²) in [6.45, 7) is 2.34. The van der Waals surface area contributed by atoms with Crippen LogP contribution in [0.4, 0.5) is 0 Å². The van der Waals surface area contributed by atoms with E-state index in [0.717, 1.165) is 17.8 Å². The van der Waals surface area contributed by atoms with Crippen molar-refractivity contribution in [2.45, 2.75) is 44.6 Å². The maximum absolute atomic E-state index is 4.24. The van der Waals surface area contributed by atoms with Crippen molar-refractivity contribution in [1.29, 1.82) is 0 Å². The van der Waals surface area contributed by atoms with E-state index < -0.39 is 0 Å². The number of alkyl halides is 1. The first-order chi connectivity index (χ1) is 8.79. The zero-order chi connectivity index (χ0) is 12.8. The third-order valence-corrected chi connectivity index (χ3v) is 4.26. The summed E-state index contributed by atoms with van der Waals surface area (Å²) >= 11 is 3.59. The fourth-order valence-corrected chi connectivity index (χ4v) is 3.36. The molecule has 0 aromatic carbocycles. The maximum Gasteiger partial charge on any atom is 0.0522 e. The van der Waals surface area contributed by atoms with Gasteiger partial charge in [0.15, 0.2) is 0 Å². The van der Waals surface area contributed by atoms with E-state index in [9.17, 15) is 0 Å². The van der Waals surface area contributed by atoms with Crippen molar-refractivity contribution in [3.8, 4) is 0 Å². The second-order valence-electron chi connectivity index (χ2n) is 5.29. The molecule has 0 spiro atoms. The number of hydrogen-bond donors (Lipinski definition) is 0. The zero-order valence-corrected chi connectivity index (χ0v) is 12.9. The van der Waals surface area contributed by atoms with Gasteiger partial charge in [-0.15, -0.1) is 0 Å². The van der Waals surface area contributed by atoms with Crippen molar-refractivity contribution >= 4 is 15.9 Å². The molecule has 0 N–H and O–H groups in total. The lowest BCUT2D eigenvalue weighted by Gasteiger charge is -2.33. The summed E-state index contributed by atoms with van der Waals surface area (Å²) in [5.41, 5.74) is 1.35. The van der Waals surface area contributed by atoms with Gasteiger partial charge in [0.25, 0.3) is 0 Å². The highest BCUT2D eigenvalue weighted by atomic mass is 79.9. The molecule has 0 atom stereocenters. The van der Waals surface area contributed by atoms with Gasteiger partial charge in [0.2, 0.25) is 0 Å². The molecule has 1 aromatic heterocycles. The molecule has 0 bridgehead atoms. The van der Waals surface area contributed by atoms with Crippen LogP contribution in [0.5, 0.6) is 0 Å². The zero-order valence-electron chi connectivity index (χ0n) is 11.3. The molecule has 1 fully saturated rings. The Bertz CT molecular complexity index is 345. The van der Waals surface area contributed by atoms with Gasteiger partial charge >= 0.3 is 0 Å². The van der Waals surface area contributed by atoms with E-state index in [1.807, 2.05) is 17.9 Å². The molecule has 0 saturated heterocycles. The maximum atomic E-state index is 4.24. The van der Waals surface area contributed by atoms with Gasteiger partial charge in [-0.1, -0.05) is 35.2 Å². The second kappa shape index (κ2) is 7.29. The van der Waals surface area contributed by atoms with E-state index in [2.05, 4.69) is 32.1 Å². The number of nitrogens with zero attached hydrogens (tertiary/aromatic N) is 3. The van der Waals surface area contributed by atoms with Crippen molar-refractivity contribution in [2.75, 3.05) is 18.4 Å². The van der Waals surface area contributed by atoms with Crippen LogP contribution in [0.3, 0.4) is 0 Å². The van der Waals surface area contributed by atoms with E-state index in [4.69, 9.17) is 0 Å². The molecule has 0 unspecified atom stereocenters. The van der Waals surface area contributed by atoms with Crippen LogP contribution in [0.1, 0.15) is 37.7 Å². The molecule has 102 valence electrons. The first-order valence-electron chi connectivity index (χ1n) is 7.07. The number of rotatable bonds is 6. The Balaban J connectivity index is 1.85. The van der Waals surface area contributed by atoms with Crippen LogP contribution >= 0.6 is 15.9 Å². The molecular formula is C14H24BrN3. The van der Waals surface area contributed by atoms with Crippen LogP contribution < -0.4 is 0 Å². The van der Waals surface area contributed by atoms with E-state index >= 15 is 0 Å². The quantitative estimate of drug-likeness (QED) is 0.753. The van der Waals surface area contributed by atoms with Gasteiger partial charge in [0.1, 0.15) is 0 Å². The molecule has 1 heterocycles. The van der Waals surface area contributed by atoms with Crippen LogP contribution in [0.25, 0.3) is 0 Å². The van der Waals surface area contributed by atoms with E-state index in [1.165, 1.54) is 50.8 Å². The standard InChI is InChI=1S/C14H24BrN3/c1-17-12-13(11-16-17)7-9-18(10-8-15)14-5-3-2-4-6-14/h11-12,14H,2-10H2,1H3. The summed E-state index contributed by atoms with van der Waals surface area (Å²) < 4.78 is 1.89. The topological polar surface area (TPSA) is 21.1 Å². The van der Waals surface area contributed by atoms with Crippen LogP contribution in [-0.4, -0.2) is 39.1 Å². The summed E-state index contributed by atoms with van der Waals surface area (Å²) in [7, 11) is 1.99. The highest BCUT2D eigenvalue weighted by molar-refractivity contribution is 9.09. The minimum atomic E-state index is 0.813. The predicted molar refractivity (Wildman–Crippen MR) is 79.2 cm³/mol. The van der Waals surface area contributed by atoms with Crippen molar-refractivity contribution < 1.29 is 0 Å². The molecule has 0 amide bonds. The predicted octanol–water partition coefficient (Wildman–Crippen LogP) is 2.99. The van der Waals surface area contributed by atoms with Gasteiger partial charge in [0, 0.05) is 37.7 Å². The molecule has 4 heteroatoms. The van der Waals surface area contributed by atoms with E-state index in [-0.39, 0.29) is 0 Å². The molecule has 0 aliphatic heterocycles. The normalized spacial score (nSPS) is 17.5. The number of hydrogen-bond acceptors (Lipinski definition) is 2. The summed E-state index contributed by atoms with van der Waals surface area (Å²) in [6.07, 6.45) is 12.3. The first kappa shape index (κ1) is 14.1. The van der Waals surface area contributed by atoms with Crippen molar-refractivity contribution in [1.82, 2.24) is 14.7 Å². The Hall–Kier alpha value is -0.350. The number of halogens is 1. The number of aromatic nitrogens is 2. The van der Waals surface area contributed by atoms with Gasteiger partial charge in [0.05, 0.1) is 6.20 Å². The third-order valence-electron chi connectivity index (χ3n) is 3.91. The lowest BCUT2D eigenvalue weighted by atomic mass is 9.94. The average Bonchev–Trinajstić information content (AvgIpc) is 2.81. The molecule has 1 aromatic rings. The number of aryl methyl sites for hydroxylation is 1. The fraction of sp³-hybridized carbons (Fsp3) is 0.786. The molecule has 1 aliphatic rings. The highest BCUT2D eigenvalue weighted by Gasteiger charge is 2.20. The Morgan fingerprint density at radius 3 is 2.72 bits per heavy atom. The smallest absolute Gasteiger partial charge is 0.0522 e. The summed E-state index contributed by atoms with van der Waals surface area (Å²) in [6, 6.07) is 0.813. The molecule has 18 heavy (non-hydrogen) atoms. The Kier molecular flexibility index (Phi) is 5.70. The van der Waals surface area contributed by atoms with Crippen LogP contribution in [0, 0.1) is 0 Å². The minimum absolute atomic E-state index is 0.813. The van der Waals surface area contributed by atoms with Gasteiger partial charge in [-0.3, -0.25) is 9.58 Å². The van der Waals surface area contributed by atoms with Crippen molar-refractivity contribution in [3.05, 3.63) is 18.0 Å². The Morgan fingerprint density at radius 2 is 2.11 bits per heavy atom. The monoisotopic (exact) mass is 313 g/mol. The third kappa shape index (κ3) is 4.09. The summed E-state index contributed by atoms with van der Waals surface area (Å²) in [5.74, 6) is 0. The van der Waals surface area contributed by atoms with Gasteiger partial charge < -0.3 is 0 Å².